The van der Waals surface area contributed by atoms with E-state index in [1.54, 1.807) is 12.9 Å². The molecule has 1 aliphatic rings. The summed E-state index contributed by atoms with van der Waals surface area (Å²) in [4.78, 5) is 7.85. The molecule has 1 aliphatic heterocycles. The van der Waals surface area contributed by atoms with Gasteiger partial charge in [-0.05, 0) is 48.3 Å². The van der Waals surface area contributed by atoms with Crippen molar-refractivity contribution < 1.29 is 29.9 Å². The summed E-state index contributed by atoms with van der Waals surface area (Å²) in [5.41, 5.74) is 5.77. The van der Waals surface area contributed by atoms with Crippen molar-refractivity contribution in [3.63, 3.8) is 0 Å². The first-order chi connectivity index (χ1) is 20.6. The van der Waals surface area contributed by atoms with Gasteiger partial charge < -0.3 is 19.1 Å². The maximum atomic E-state index is 8.12. The summed E-state index contributed by atoms with van der Waals surface area (Å²) >= 11 is 0. The van der Waals surface area contributed by atoms with Crippen LogP contribution in [0.4, 0.5) is 17.1 Å². The molecule has 0 radical (unpaired) electrons. The fraction of sp³-hybridized carbons (Fsp3) is 0.143. The molecule has 0 spiro atoms. The SMILES string of the molecule is [2H]C([2H])([2H])N1[CH-]N(c2[c-]c(Oc3[c-]c(-n4c5ccccc5c5cccnc54)ccc3)ccc2)c2cc(C(C)(C)C)ccc21.[Pt]. The Bertz CT molecular complexity index is 1940. The van der Waals surface area contributed by atoms with Crippen LogP contribution >= 0.6 is 0 Å². The van der Waals surface area contributed by atoms with Crippen molar-refractivity contribution in [3.05, 3.63) is 122 Å². The van der Waals surface area contributed by atoms with Crippen molar-refractivity contribution in [3.8, 4) is 17.2 Å². The van der Waals surface area contributed by atoms with Gasteiger partial charge in [0.2, 0.25) is 0 Å². The Morgan fingerprint density at radius 1 is 0.805 bits per heavy atom. The molecule has 0 aliphatic carbocycles. The van der Waals surface area contributed by atoms with Crippen LogP contribution in [0.3, 0.4) is 0 Å². The molecule has 0 amide bonds. The molecule has 6 aromatic rings. The third-order valence-electron chi connectivity index (χ3n) is 7.25. The van der Waals surface area contributed by atoms with E-state index in [9.17, 15) is 0 Å². The van der Waals surface area contributed by atoms with Crippen molar-refractivity contribution in [1.29, 1.82) is 0 Å². The number of benzene rings is 4. The van der Waals surface area contributed by atoms with Gasteiger partial charge in [-0.15, -0.1) is 42.1 Å². The second-order valence-corrected chi connectivity index (χ2v) is 10.9. The molecular weight excluding hydrogens is 687 g/mol. The molecule has 2 aromatic heterocycles. The number of hydrogen-bond donors (Lipinski definition) is 0. The summed E-state index contributed by atoms with van der Waals surface area (Å²) in [6.07, 6.45) is 1.80. The predicted molar refractivity (Wildman–Crippen MR) is 163 cm³/mol. The van der Waals surface area contributed by atoms with Crippen LogP contribution in [0.5, 0.6) is 11.5 Å². The maximum Gasteiger partial charge on any atom is 0.143 e. The summed E-state index contributed by atoms with van der Waals surface area (Å²) < 4.78 is 32.7. The Balaban J connectivity index is 0.00000343. The van der Waals surface area contributed by atoms with Gasteiger partial charge in [-0.3, -0.25) is 0 Å². The average Bonchev–Trinajstić information content (AvgIpc) is 3.53. The number of pyridine rings is 1. The van der Waals surface area contributed by atoms with Crippen LogP contribution in [0.2, 0.25) is 0 Å². The molecule has 3 heterocycles. The predicted octanol–water partition coefficient (Wildman–Crippen LogP) is 8.57. The monoisotopic (exact) mass is 719 g/mol. The average molecular weight is 720 g/mol. The molecule has 0 bridgehead atoms. The van der Waals surface area contributed by atoms with Crippen LogP contribution in [-0.2, 0) is 26.5 Å². The third kappa shape index (κ3) is 4.79. The normalized spacial score (nSPS) is 14.4. The summed E-state index contributed by atoms with van der Waals surface area (Å²) in [5, 5.41) is 2.19. The van der Waals surface area contributed by atoms with Crippen molar-refractivity contribution in [2.75, 3.05) is 16.8 Å². The molecule has 0 N–H and O–H groups in total. The fourth-order valence-electron chi connectivity index (χ4n) is 5.24. The first-order valence-electron chi connectivity index (χ1n) is 14.7. The minimum atomic E-state index is -2.34. The molecule has 0 saturated carbocycles. The van der Waals surface area contributed by atoms with E-state index in [1.807, 2.05) is 71.6 Å². The minimum Gasteiger partial charge on any atom is -0.509 e. The molecule has 4 aromatic carbocycles. The Hall–Kier alpha value is -4.08. The number of anilines is 3. The zero-order valence-electron chi connectivity index (χ0n) is 25.8. The van der Waals surface area contributed by atoms with Gasteiger partial charge in [0.15, 0.2) is 0 Å². The Morgan fingerprint density at radius 2 is 1.54 bits per heavy atom. The van der Waals surface area contributed by atoms with Crippen molar-refractivity contribution in [2.24, 2.45) is 0 Å². The number of nitrogens with zero attached hydrogens (tertiary/aromatic N) is 4. The summed E-state index contributed by atoms with van der Waals surface area (Å²) in [7, 11) is 0. The molecule has 41 heavy (non-hydrogen) atoms. The van der Waals surface area contributed by atoms with Crippen LogP contribution in [-0.4, -0.2) is 16.5 Å². The first kappa shape index (κ1) is 23.6. The number of rotatable bonds is 4. The third-order valence-corrected chi connectivity index (χ3v) is 7.25. The van der Waals surface area contributed by atoms with Crippen molar-refractivity contribution >= 4 is 39.0 Å². The van der Waals surface area contributed by atoms with Gasteiger partial charge in [-0.25, -0.2) is 4.98 Å². The van der Waals surface area contributed by atoms with Gasteiger partial charge in [0, 0.05) is 65.0 Å². The molecule has 6 heteroatoms. The van der Waals surface area contributed by atoms with Gasteiger partial charge in [-0.2, -0.15) is 18.8 Å². The molecular formula is C35H29N4OPt-3. The van der Waals surface area contributed by atoms with E-state index in [0.717, 1.165) is 38.9 Å². The van der Waals surface area contributed by atoms with Gasteiger partial charge in [0.1, 0.15) is 5.65 Å². The number of fused-ring (bicyclic) bond motifs is 4. The standard InChI is InChI=1S/C35H29N4O.Pt/c1-35(2,3)24-17-18-32-33(20-24)38(23-37(32)4)25-10-7-12-27(21-25)40-28-13-8-11-26(22-28)39-31-16-6-5-14-29(31)30-15-9-19-36-34(30)39;/h5-20,23H,1-4H3;/q-3;/i4D3;. The number of aromatic nitrogens is 2. The summed E-state index contributed by atoms with van der Waals surface area (Å²) in [6, 6.07) is 36.3. The van der Waals surface area contributed by atoms with E-state index in [1.165, 1.54) is 4.90 Å². The van der Waals surface area contributed by atoms with E-state index in [2.05, 4.69) is 66.7 Å². The van der Waals surface area contributed by atoms with Gasteiger partial charge in [0.05, 0.1) is 5.52 Å². The van der Waals surface area contributed by atoms with E-state index in [0.29, 0.717) is 22.9 Å². The van der Waals surface area contributed by atoms with Crippen LogP contribution in [0.1, 0.15) is 30.4 Å². The topological polar surface area (TPSA) is 33.5 Å². The Labute approximate surface area is 259 Å². The number of ether oxygens (including phenoxy) is 1. The molecule has 0 fully saturated rings. The Morgan fingerprint density at radius 3 is 2.32 bits per heavy atom. The molecule has 0 atom stereocenters. The molecule has 7 rings (SSSR count). The first-order valence-corrected chi connectivity index (χ1v) is 13.2. The second-order valence-electron chi connectivity index (χ2n) is 10.9. The van der Waals surface area contributed by atoms with Gasteiger partial charge in [-0.1, -0.05) is 50.7 Å². The molecule has 5 nitrogen and oxygen atoms in total. The smallest absolute Gasteiger partial charge is 0.143 e. The molecule has 0 saturated heterocycles. The molecule has 0 unspecified atom stereocenters. The number of para-hydroxylation sites is 1. The van der Waals surface area contributed by atoms with E-state index in [4.69, 9.17) is 8.85 Å². The maximum absolute atomic E-state index is 8.12. The van der Waals surface area contributed by atoms with E-state index in [-0.39, 0.29) is 26.5 Å². The van der Waals surface area contributed by atoms with Crippen molar-refractivity contribution in [2.45, 2.75) is 26.2 Å². The van der Waals surface area contributed by atoms with Crippen LogP contribution in [0, 0.1) is 18.8 Å². The molecule has 208 valence electrons. The van der Waals surface area contributed by atoms with E-state index >= 15 is 0 Å². The van der Waals surface area contributed by atoms with E-state index < -0.39 is 6.98 Å². The largest absolute Gasteiger partial charge is 0.509 e. The fourth-order valence-corrected chi connectivity index (χ4v) is 5.24. The number of hydrogen-bond acceptors (Lipinski definition) is 4. The minimum absolute atomic E-state index is 0. The quantitative estimate of drug-likeness (QED) is 0.171. The summed E-state index contributed by atoms with van der Waals surface area (Å²) in [5.74, 6) is 1.01. The van der Waals surface area contributed by atoms with Crippen LogP contribution < -0.4 is 14.5 Å². The van der Waals surface area contributed by atoms with Gasteiger partial charge >= 0.3 is 0 Å². The summed E-state index contributed by atoms with van der Waals surface area (Å²) in [6.45, 7) is 5.69. The van der Waals surface area contributed by atoms with Gasteiger partial charge in [0.25, 0.3) is 0 Å². The Kier molecular flexibility index (Phi) is 5.98. The zero-order chi connectivity index (χ0) is 29.9. The van der Waals surface area contributed by atoms with Crippen molar-refractivity contribution in [1.82, 2.24) is 9.55 Å². The van der Waals surface area contributed by atoms with Crippen LogP contribution in [0.15, 0.2) is 97.2 Å². The second kappa shape index (κ2) is 10.4. The zero-order valence-corrected chi connectivity index (χ0v) is 25.1. The van der Waals surface area contributed by atoms with Crippen LogP contribution in [0.25, 0.3) is 27.6 Å².